The average Bonchev–Trinajstić information content (AvgIpc) is 2.96. The molecule has 0 aliphatic heterocycles. The summed E-state index contributed by atoms with van der Waals surface area (Å²) < 4.78 is 0. The van der Waals surface area contributed by atoms with Gasteiger partial charge >= 0.3 is 6.03 Å². The Bertz CT molecular complexity index is 498. The first-order valence-corrected chi connectivity index (χ1v) is 7.93. The number of alkyl halides is 1. The summed E-state index contributed by atoms with van der Waals surface area (Å²) in [5, 5.41) is 15.9. The Morgan fingerprint density at radius 1 is 1.50 bits per heavy atom. The smallest absolute Gasteiger partial charge is 0.325 e. The second-order valence-corrected chi connectivity index (χ2v) is 5.97. The monoisotopic (exact) mass is 348 g/mol. The number of hydrogen-bond acceptors (Lipinski definition) is 7. The van der Waals surface area contributed by atoms with Crippen molar-refractivity contribution in [1.29, 1.82) is 0 Å². The van der Waals surface area contributed by atoms with Crippen molar-refractivity contribution in [1.82, 2.24) is 20.5 Å². The van der Waals surface area contributed by atoms with Crippen LogP contribution in [0.25, 0.3) is 0 Å². The molecule has 0 aliphatic rings. The van der Waals surface area contributed by atoms with Crippen molar-refractivity contribution in [2.24, 2.45) is 11.2 Å². The van der Waals surface area contributed by atoms with Gasteiger partial charge in [-0.1, -0.05) is 25.2 Å². The number of amides is 3. The molecule has 1 heterocycles. The molecule has 0 saturated heterocycles. The molecule has 0 radical (unpaired) electrons. The molecule has 3 amide bonds. The number of nitroso groups, excluding NO2 is 1. The van der Waals surface area contributed by atoms with E-state index in [4.69, 9.17) is 11.6 Å². The fourth-order valence-corrected chi connectivity index (χ4v) is 2.21. The van der Waals surface area contributed by atoms with Gasteiger partial charge in [0.25, 0.3) is 0 Å². The molecule has 122 valence electrons. The predicted molar refractivity (Wildman–Crippen MR) is 83.5 cm³/mol. The Kier molecular flexibility index (Phi) is 7.67. The van der Waals surface area contributed by atoms with Crippen LogP contribution in [0.4, 0.5) is 9.93 Å². The van der Waals surface area contributed by atoms with E-state index in [0.717, 1.165) is 11.3 Å². The molecule has 0 aliphatic carbocycles. The summed E-state index contributed by atoms with van der Waals surface area (Å²) in [5.41, 5.74) is 1.48. The molecule has 9 nitrogen and oxygen atoms in total. The van der Waals surface area contributed by atoms with Crippen LogP contribution in [0.1, 0.15) is 20.3 Å². The predicted octanol–water partition coefficient (Wildman–Crippen LogP) is 1.82. The highest BCUT2D eigenvalue weighted by atomic mass is 35.5. The minimum atomic E-state index is -0.823. The van der Waals surface area contributed by atoms with Crippen molar-refractivity contribution < 1.29 is 9.59 Å². The van der Waals surface area contributed by atoms with Crippen LogP contribution in [-0.2, 0) is 4.79 Å². The summed E-state index contributed by atoms with van der Waals surface area (Å²) in [6.45, 7) is 3.78. The first-order chi connectivity index (χ1) is 10.5. The van der Waals surface area contributed by atoms with E-state index in [1.54, 1.807) is 0 Å². The SMILES string of the molecule is CC(C)CC(NC(=O)N(CCCl)N=O)C(=O)Nc1nncs1. The lowest BCUT2D eigenvalue weighted by atomic mass is 10.0. The van der Waals surface area contributed by atoms with Crippen molar-refractivity contribution in [3.05, 3.63) is 10.4 Å². The van der Waals surface area contributed by atoms with E-state index < -0.39 is 18.0 Å². The summed E-state index contributed by atoms with van der Waals surface area (Å²) in [6.07, 6.45) is 0.393. The van der Waals surface area contributed by atoms with E-state index in [0.29, 0.717) is 16.6 Å². The molecule has 11 heteroatoms. The molecule has 0 aromatic carbocycles. The van der Waals surface area contributed by atoms with Crippen LogP contribution in [0.5, 0.6) is 0 Å². The molecule has 0 saturated carbocycles. The maximum absolute atomic E-state index is 12.2. The highest BCUT2D eigenvalue weighted by Gasteiger charge is 2.25. The third kappa shape index (κ3) is 5.90. The van der Waals surface area contributed by atoms with Gasteiger partial charge in [0.05, 0.1) is 11.8 Å². The van der Waals surface area contributed by atoms with Gasteiger partial charge in [0.2, 0.25) is 11.0 Å². The van der Waals surface area contributed by atoms with Gasteiger partial charge in [0.1, 0.15) is 11.6 Å². The van der Waals surface area contributed by atoms with Crippen LogP contribution >= 0.6 is 22.9 Å². The minimum Gasteiger partial charge on any atom is -0.325 e. The number of anilines is 1. The Hall–Kier alpha value is -1.81. The summed E-state index contributed by atoms with van der Waals surface area (Å²) in [5.74, 6) is -0.225. The molecule has 1 atom stereocenters. The lowest BCUT2D eigenvalue weighted by molar-refractivity contribution is -0.118. The Morgan fingerprint density at radius 3 is 2.73 bits per heavy atom. The zero-order valence-electron chi connectivity index (χ0n) is 12.2. The largest absolute Gasteiger partial charge is 0.341 e. The molecule has 0 spiro atoms. The maximum Gasteiger partial charge on any atom is 0.341 e. The van der Waals surface area contributed by atoms with E-state index >= 15 is 0 Å². The van der Waals surface area contributed by atoms with Crippen LogP contribution in [0, 0.1) is 10.8 Å². The van der Waals surface area contributed by atoms with Crippen molar-refractivity contribution in [2.75, 3.05) is 17.7 Å². The highest BCUT2D eigenvalue weighted by Crippen LogP contribution is 2.12. The summed E-state index contributed by atoms with van der Waals surface area (Å²) in [7, 11) is 0. The number of nitrogens with zero attached hydrogens (tertiary/aromatic N) is 4. The fourth-order valence-electron chi connectivity index (χ4n) is 1.61. The normalized spacial score (nSPS) is 11.8. The van der Waals surface area contributed by atoms with Gasteiger partial charge in [-0.25, -0.2) is 4.79 Å². The van der Waals surface area contributed by atoms with Gasteiger partial charge in [-0.15, -0.1) is 26.7 Å². The van der Waals surface area contributed by atoms with Crippen LogP contribution in [0.2, 0.25) is 0 Å². The minimum absolute atomic E-state index is 0.0384. The quantitative estimate of drug-likeness (QED) is 0.422. The van der Waals surface area contributed by atoms with Gasteiger partial charge in [-0.05, 0) is 12.3 Å². The van der Waals surface area contributed by atoms with Crippen molar-refractivity contribution >= 4 is 40.0 Å². The number of urea groups is 1. The molecule has 0 fully saturated rings. The molecule has 0 bridgehead atoms. The zero-order valence-corrected chi connectivity index (χ0v) is 13.7. The zero-order chi connectivity index (χ0) is 16.5. The third-order valence-electron chi connectivity index (χ3n) is 2.54. The van der Waals surface area contributed by atoms with Gasteiger partial charge < -0.3 is 5.32 Å². The third-order valence-corrected chi connectivity index (χ3v) is 3.32. The van der Waals surface area contributed by atoms with Crippen LogP contribution in [0.3, 0.4) is 0 Å². The highest BCUT2D eigenvalue weighted by molar-refractivity contribution is 7.13. The second kappa shape index (κ2) is 9.26. The van der Waals surface area contributed by atoms with Crippen molar-refractivity contribution in [3.8, 4) is 0 Å². The number of nitrogens with one attached hydrogen (secondary N) is 2. The van der Waals surface area contributed by atoms with Crippen molar-refractivity contribution in [3.63, 3.8) is 0 Å². The molecular weight excluding hydrogens is 332 g/mol. The lowest BCUT2D eigenvalue weighted by Gasteiger charge is -2.21. The molecule has 1 unspecified atom stereocenters. The van der Waals surface area contributed by atoms with Gasteiger partial charge in [-0.3, -0.25) is 10.1 Å². The van der Waals surface area contributed by atoms with Crippen LogP contribution < -0.4 is 10.6 Å². The molecule has 1 aromatic heterocycles. The Labute approximate surface area is 136 Å². The molecule has 1 rings (SSSR count). The van der Waals surface area contributed by atoms with Gasteiger partial charge in [0, 0.05) is 5.88 Å². The number of hydrogen-bond donors (Lipinski definition) is 2. The molecular formula is C11H17ClN6O3S. The van der Waals surface area contributed by atoms with Gasteiger partial charge in [-0.2, -0.15) is 5.01 Å². The van der Waals surface area contributed by atoms with Crippen molar-refractivity contribution in [2.45, 2.75) is 26.3 Å². The number of aromatic nitrogens is 2. The maximum atomic E-state index is 12.2. The standard InChI is InChI=1S/C11H17ClN6O3S/c1-7(2)5-8(9(19)15-10-16-13-6-22-10)14-11(20)18(17-21)4-3-12/h6-8H,3-5H2,1-2H3,(H,14,20)(H,15,16,19). The first-order valence-electron chi connectivity index (χ1n) is 6.52. The van der Waals surface area contributed by atoms with E-state index in [2.05, 4.69) is 26.1 Å². The molecule has 22 heavy (non-hydrogen) atoms. The Morgan fingerprint density at radius 2 is 2.23 bits per heavy atom. The second-order valence-electron chi connectivity index (χ2n) is 4.76. The average molecular weight is 349 g/mol. The van der Waals surface area contributed by atoms with E-state index in [1.807, 2.05) is 13.8 Å². The number of halogens is 1. The lowest BCUT2D eigenvalue weighted by Crippen LogP contribution is -2.49. The van der Waals surface area contributed by atoms with E-state index in [1.165, 1.54) is 5.51 Å². The summed E-state index contributed by atoms with van der Waals surface area (Å²) in [6, 6.07) is -1.59. The number of carbonyl (C=O) groups excluding carboxylic acids is 2. The van der Waals surface area contributed by atoms with Crippen LogP contribution in [0.15, 0.2) is 10.8 Å². The summed E-state index contributed by atoms with van der Waals surface area (Å²) >= 11 is 6.65. The number of rotatable bonds is 8. The fraction of sp³-hybridized carbons (Fsp3) is 0.636. The molecule has 1 aromatic rings. The topological polar surface area (TPSA) is 117 Å². The number of carbonyl (C=O) groups is 2. The van der Waals surface area contributed by atoms with Gasteiger partial charge in [0.15, 0.2) is 0 Å². The van der Waals surface area contributed by atoms with E-state index in [9.17, 15) is 14.5 Å². The Balaban J connectivity index is 2.72. The summed E-state index contributed by atoms with van der Waals surface area (Å²) in [4.78, 5) is 34.7. The first kappa shape index (κ1) is 18.2. The van der Waals surface area contributed by atoms with E-state index in [-0.39, 0.29) is 18.3 Å². The van der Waals surface area contributed by atoms with Crippen LogP contribution in [-0.4, -0.2) is 45.6 Å². The molecule has 2 N–H and O–H groups in total.